The van der Waals surface area contributed by atoms with Crippen LogP contribution < -0.4 is 11.1 Å². The Hall–Kier alpha value is -3.15. The second-order valence-electron chi connectivity index (χ2n) is 5.23. The maximum atomic E-state index is 12.2. The maximum Gasteiger partial charge on any atom is 0.252 e. The van der Waals surface area contributed by atoms with Gasteiger partial charge in [0.25, 0.3) is 5.91 Å². The number of carbonyl (C=O) groups is 2. The van der Waals surface area contributed by atoms with E-state index in [0.29, 0.717) is 12.0 Å². The average Bonchev–Trinajstić information content (AvgIpc) is 2.98. The van der Waals surface area contributed by atoms with Crippen LogP contribution in [0.1, 0.15) is 15.9 Å². The van der Waals surface area contributed by atoms with Crippen LogP contribution in [0.25, 0.3) is 10.9 Å². The number of nitrogens with two attached hydrogens (primary N) is 1. The highest BCUT2D eigenvalue weighted by Crippen LogP contribution is 2.19. The Kier molecular flexibility index (Phi) is 4.05. The summed E-state index contributed by atoms with van der Waals surface area (Å²) in [4.78, 5) is 30.9. The number of rotatable bonds is 5. The zero-order chi connectivity index (χ0) is 16.2. The van der Waals surface area contributed by atoms with Crippen molar-refractivity contribution in [3.63, 3.8) is 0 Å². The second kappa shape index (κ2) is 6.31. The van der Waals surface area contributed by atoms with E-state index in [9.17, 15) is 9.59 Å². The van der Waals surface area contributed by atoms with Crippen molar-refractivity contribution in [2.75, 3.05) is 0 Å². The monoisotopic (exact) mass is 308 g/mol. The first-order valence-electron chi connectivity index (χ1n) is 7.20. The fourth-order valence-corrected chi connectivity index (χ4v) is 2.49. The van der Waals surface area contributed by atoms with E-state index in [1.165, 1.54) is 12.4 Å². The fraction of sp³-hybridized carbons (Fsp3) is 0.118. The summed E-state index contributed by atoms with van der Waals surface area (Å²) in [7, 11) is 0. The molecule has 116 valence electrons. The van der Waals surface area contributed by atoms with Gasteiger partial charge >= 0.3 is 0 Å². The molecule has 2 heterocycles. The highest BCUT2D eigenvalue weighted by molar-refractivity contribution is 5.97. The zero-order valence-corrected chi connectivity index (χ0v) is 12.3. The number of hydrogen-bond donors (Lipinski definition) is 3. The van der Waals surface area contributed by atoms with Gasteiger partial charge in [-0.05, 0) is 23.8 Å². The van der Waals surface area contributed by atoms with Crippen molar-refractivity contribution >= 4 is 22.7 Å². The number of para-hydroxylation sites is 1. The van der Waals surface area contributed by atoms with Crippen LogP contribution in [0.2, 0.25) is 0 Å². The molecule has 3 rings (SSSR count). The first-order chi connectivity index (χ1) is 11.1. The molecule has 0 spiro atoms. The van der Waals surface area contributed by atoms with Gasteiger partial charge < -0.3 is 16.0 Å². The van der Waals surface area contributed by atoms with Crippen LogP contribution in [0.3, 0.4) is 0 Å². The van der Waals surface area contributed by atoms with Gasteiger partial charge in [0.05, 0.1) is 0 Å². The van der Waals surface area contributed by atoms with Crippen LogP contribution in [0.15, 0.2) is 55.0 Å². The Bertz CT molecular complexity index is 842. The van der Waals surface area contributed by atoms with Gasteiger partial charge in [-0.15, -0.1) is 0 Å². The standard InChI is InChI=1S/C17H16N4O2/c18-16(22)15(21-17(23)11-5-7-19-8-6-11)9-12-10-20-14-4-2-1-3-13(12)14/h1-8,10,15,20H,9H2,(H2,18,22)(H,21,23)/t15-/m0/s1. The molecule has 23 heavy (non-hydrogen) atoms. The van der Waals surface area contributed by atoms with E-state index >= 15 is 0 Å². The van der Waals surface area contributed by atoms with Crippen molar-refractivity contribution in [1.29, 1.82) is 0 Å². The number of carbonyl (C=O) groups excluding carboxylic acids is 2. The van der Waals surface area contributed by atoms with E-state index in [4.69, 9.17) is 5.73 Å². The van der Waals surface area contributed by atoms with Gasteiger partial charge in [-0.25, -0.2) is 0 Å². The lowest BCUT2D eigenvalue weighted by molar-refractivity contribution is -0.119. The molecule has 1 atom stereocenters. The molecule has 1 aromatic carbocycles. The third kappa shape index (κ3) is 3.21. The lowest BCUT2D eigenvalue weighted by Gasteiger charge is -2.15. The normalized spacial score (nSPS) is 12.0. The molecular formula is C17H16N4O2. The Labute approximate surface area is 132 Å². The van der Waals surface area contributed by atoms with Gasteiger partial charge in [0.2, 0.25) is 5.91 Å². The van der Waals surface area contributed by atoms with Gasteiger partial charge in [0.15, 0.2) is 0 Å². The van der Waals surface area contributed by atoms with Crippen molar-refractivity contribution in [2.45, 2.75) is 12.5 Å². The highest BCUT2D eigenvalue weighted by atomic mass is 16.2. The van der Waals surface area contributed by atoms with Gasteiger partial charge in [0, 0.05) is 41.5 Å². The lowest BCUT2D eigenvalue weighted by Crippen LogP contribution is -2.45. The van der Waals surface area contributed by atoms with Gasteiger partial charge in [-0.3, -0.25) is 14.6 Å². The van der Waals surface area contributed by atoms with Gasteiger partial charge in [-0.2, -0.15) is 0 Å². The summed E-state index contributed by atoms with van der Waals surface area (Å²) in [5.74, 6) is -0.922. The molecule has 0 aliphatic heterocycles. The third-order valence-electron chi connectivity index (χ3n) is 3.69. The number of nitrogens with zero attached hydrogens (tertiary/aromatic N) is 1. The minimum atomic E-state index is -0.783. The van der Waals surface area contributed by atoms with Crippen LogP contribution in [-0.2, 0) is 11.2 Å². The van der Waals surface area contributed by atoms with E-state index in [1.807, 2.05) is 30.5 Å². The number of nitrogens with one attached hydrogen (secondary N) is 2. The molecule has 2 aromatic heterocycles. The number of aromatic nitrogens is 2. The zero-order valence-electron chi connectivity index (χ0n) is 12.3. The molecule has 6 heteroatoms. The topological polar surface area (TPSA) is 101 Å². The summed E-state index contributed by atoms with van der Waals surface area (Å²) in [5.41, 5.74) is 7.79. The van der Waals surface area contributed by atoms with E-state index in [2.05, 4.69) is 15.3 Å². The van der Waals surface area contributed by atoms with Crippen LogP contribution in [0.5, 0.6) is 0 Å². The molecule has 3 aromatic rings. The molecule has 0 unspecified atom stereocenters. The smallest absolute Gasteiger partial charge is 0.252 e. The van der Waals surface area contributed by atoms with Crippen LogP contribution in [-0.4, -0.2) is 27.8 Å². The first kappa shape index (κ1) is 14.8. The van der Waals surface area contributed by atoms with Crippen molar-refractivity contribution in [3.05, 3.63) is 66.1 Å². The summed E-state index contributed by atoms with van der Waals surface area (Å²) in [5, 5.41) is 3.69. The second-order valence-corrected chi connectivity index (χ2v) is 5.23. The molecule has 4 N–H and O–H groups in total. The Morgan fingerprint density at radius 1 is 1.17 bits per heavy atom. The molecule has 0 bridgehead atoms. The van der Waals surface area contributed by atoms with Crippen molar-refractivity contribution in [2.24, 2.45) is 5.73 Å². The molecule has 6 nitrogen and oxygen atoms in total. The number of aromatic amines is 1. The number of pyridine rings is 1. The number of H-pyrrole nitrogens is 1. The Balaban J connectivity index is 1.80. The van der Waals surface area contributed by atoms with E-state index in [0.717, 1.165) is 16.5 Å². The number of amides is 2. The van der Waals surface area contributed by atoms with Crippen molar-refractivity contribution in [3.8, 4) is 0 Å². The third-order valence-corrected chi connectivity index (χ3v) is 3.69. The molecular weight excluding hydrogens is 292 g/mol. The average molecular weight is 308 g/mol. The summed E-state index contributed by atoms with van der Waals surface area (Å²) in [6.45, 7) is 0. The van der Waals surface area contributed by atoms with Crippen molar-refractivity contribution < 1.29 is 9.59 Å². The molecule has 0 saturated heterocycles. The van der Waals surface area contributed by atoms with Crippen molar-refractivity contribution in [1.82, 2.24) is 15.3 Å². The molecule has 0 aliphatic carbocycles. The van der Waals surface area contributed by atoms with Crippen LogP contribution in [0.4, 0.5) is 0 Å². The molecule has 2 amide bonds. The Morgan fingerprint density at radius 2 is 1.91 bits per heavy atom. The number of benzene rings is 1. The lowest BCUT2D eigenvalue weighted by atomic mass is 10.0. The fourth-order valence-electron chi connectivity index (χ4n) is 2.49. The molecule has 0 radical (unpaired) electrons. The van der Waals surface area contributed by atoms with Gasteiger partial charge in [0.1, 0.15) is 6.04 Å². The predicted octanol–water partition coefficient (Wildman–Crippen LogP) is 1.39. The highest BCUT2D eigenvalue weighted by Gasteiger charge is 2.20. The molecule has 0 fully saturated rings. The maximum absolute atomic E-state index is 12.2. The Morgan fingerprint density at radius 3 is 2.65 bits per heavy atom. The minimum absolute atomic E-state index is 0.330. The number of primary amides is 1. The summed E-state index contributed by atoms with van der Waals surface area (Å²) < 4.78 is 0. The molecule has 0 aliphatic rings. The SMILES string of the molecule is NC(=O)[C@H](Cc1c[nH]c2ccccc12)NC(=O)c1ccncc1. The van der Waals surface area contributed by atoms with E-state index in [1.54, 1.807) is 12.1 Å². The quantitative estimate of drug-likeness (QED) is 0.664. The summed E-state index contributed by atoms with van der Waals surface area (Å²) in [6.07, 6.45) is 5.21. The van der Waals surface area contributed by atoms with Gasteiger partial charge in [-0.1, -0.05) is 18.2 Å². The minimum Gasteiger partial charge on any atom is -0.368 e. The predicted molar refractivity (Wildman–Crippen MR) is 86.7 cm³/mol. The van der Waals surface area contributed by atoms with Crippen LogP contribution in [0, 0.1) is 0 Å². The number of fused-ring (bicyclic) bond motifs is 1. The summed E-state index contributed by atoms with van der Waals surface area (Å²) in [6, 6.07) is 10.2. The number of hydrogen-bond acceptors (Lipinski definition) is 3. The van der Waals surface area contributed by atoms with Crippen LogP contribution >= 0.6 is 0 Å². The first-order valence-corrected chi connectivity index (χ1v) is 7.20. The van der Waals surface area contributed by atoms with E-state index in [-0.39, 0.29) is 5.91 Å². The van der Waals surface area contributed by atoms with E-state index < -0.39 is 11.9 Å². The summed E-state index contributed by atoms with van der Waals surface area (Å²) >= 11 is 0. The largest absolute Gasteiger partial charge is 0.368 e. The molecule has 0 saturated carbocycles.